The Morgan fingerprint density at radius 1 is 1.24 bits per heavy atom. The Morgan fingerprint density at radius 3 is 2.67 bits per heavy atom. The zero-order valence-electron chi connectivity index (χ0n) is 11.0. The molecular weight excluding hydrogens is 384 g/mol. The van der Waals surface area contributed by atoms with Crippen LogP contribution >= 0.6 is 22.6 Å². The van der Waals surface area contributed by atoms with Crippen molar-refractivity contribution in [3.63, 3.8) is 0 Å². The van der Waals surface area contributed by atoms with Crippen molar-refractivity contribution in [1.82, 2.24) is 5.32 Å². The topological polar surface area (TPSA) is 49.3 Å². The third-order valence-electron chi connectivity index (χ3n) is 3.65. The summed E-state index contributed by atoms with van der Waals surface area (Å²) < 4.78 is 13.9. The fourth-order valence-electron chi connectivity index (χ4n) is 2.59. The molecule has 2 atom stereocenters. The fourth-order valence-corrected chi connectivity index (χ4v) is 3.11. The normalized spacial score (nSPS) is 20.1. The van der Waals surface area contributed by atoms with Gasteiger partial charge >= 0.3 is 0 Å². The number of carbonyl (C=O) groups is 1. The predicted octanol–water partition coefficient (Wildman–Crippen LogP) is 2.82. The highest BCUT2D eigenvalue weighted by atomic mass is 127. The molecule has 2 aromatic carbocycles. The second kappa shape index (κ2) is 5.73. The van der Waals surface area contributed by atoms with Crippen LogP contribution in [0, 0.1) is 9.39 Å². The summed E-state index contributed by atoms with van der Waals surface area (Å²) in [6, 6.07) is 10.9. The molecule has 2 N–H and O–H groups in total. The van der Waals surface area contributed by atoms with E-state index < -0.39 is 12.1 Å². The molecule has 0 aromatic heterocycles. The summed E-state index contributed by atoms with van der Waals surface area (Å²) in [4.78, 5) is 12.2. The predicted molar refractivity (Wildman–Crippen MR) is 85.5 cm³/mol. The molecule has 1 amide bonds. The van der Waals surface area contributed by atoms with Gasteiger partial charge in [-0.15, -0.1) is 0 Å². The van der Waals surface area contributed by atoms with E-state index in [9.17, 15) is 14.3 Å². The number of hydrogen-bond donors (Lipinski definition) is 2. The number of aliphatic hydroxyl groups is 1. The van der Waals surface area contributed by atoms with Crippen molar-refractivity contribution in [2.45, 2.75) is 18.6 Å². The Hall–Kier alpha value is -1.47. The van der Waals surface area contributed by atoms with Crippen molar-refractivity contribution in [3.05, 3.63) is 68.5 Å². The maximum Gasteiger partial charge on any atom is 0.251 e. The molecule has 0 heterocycles. The van der Waals surface area contributed by atoms with Crippen LogP contribution in [-0.4, -0.2) is 17.1 Å². The van der Waals surface area contributed by atoms with E-state index in [4.69, 9.17) is 0 Å². The fraction of sp³-hybridized carbons (Fsp3) is 0.188. The van der Waals surface area contributed by atoms with Crippen molar-refractivity contribution in [3.8, 4) is 0 Å². The molecule has 0 aliphatic heterocycles. The number of halogens is 2. The van der Waals surface area contributed by atoms with Crippen LogP contribution in [0.4, 0.5) is 4.39 Å². The number of aliphatic hydroxyl groups excluding tert-OH is 1. The molecule has 0 unspecified atom stereocenters. The molecule has 3 nitrogen and oxygen atoms in total. The number of benzene rings is 2. The van der Waals surface area contributed by atoms with Crippen LogP contribution in [0.2, 0.25) is 0 Å². The Labute approximate surface area is 135 Å². The molecule has 108 valence electrons. The van der Waals surface area contributed by atoms with Crippen LogP contribution in [0.5, 0.6) is 0 Å². The third-order valence-corrected chi connectivity index (χ3v) is 4.32. The van der Waals surface area contributed by atoms with Gasteiger partial charge in [-0.25, -0.2) is 4.39 Å². The summed E-state index contributed by atoms with van der Waals surface area (Å²) in [7, 11) is 0. The zero-order chi connectivity index (χ0) is 15.0. The number of rotatable bonds is 2. The third kappa shape index (κ3) is 2.94. The first kappa shape index (κ1) is 14.5. The van der Waals surface area contributed by atoms with Gasteiger partial charge in [0.15, 0.2) is 0 Å². The number of fused-ring (bicyclic) bond motifs is 1. The SMILES string of the molecule is O=C(N[C@H]1c2cc(I)ccc2C[C@@H]1O)c1ccc(F)cc1. The summed E-state index contributed by atoms with van der Waals surface area (Å²) in [6.45, 7) is 0. The molecule has 1 aliphatic rings. The monoisotopic (exact) mass is 397 g/mol. The minimum atomic E-state index is -0.636. The Kier molecular flexibility index (Phi) is 3.95. The van der Waals surface area contributed by atoms with Crippen LogP contribution in [0.3, 0.4) is 0 Å². The summed E-state index contributed by atoms with van der Waals surface area (Å²) in [6.07, 6.45) is -0.108. The lowest BCUT2D eigenvalue weighted by molar-refractivity contribution is 0.0858. The van der Waals surface area contributed by atoms with Crippen LogP contribution in [0.15, 0.2) is 42.5 Å². The molecule has 5 heteroatoms. The average Bonchev–Trinajstić information content (AvgIpc) is 2.76. The smallest absolute Gasteiger partial charge is 0.251 e. The second-order valence-electron chi connectivity index (χ2n) is 5.07. The highest BCUT2D eigenvalue weighted by molar-refractivity contribution is 14.1. The maximum absolute atomic E-state index is 12.9. The lowest BCUT2D eigenvalue weighted by atomic mass is 10.1. The highest BCUT2D eigenvalue weighted by Gasteiger charge is 2.32. The molecule has 0 saturated carbocycles. The first-order chi connectivity index (χ1) is 10.0. The van der Waals surface area contributed by atoms with Crippen molar-refractivity contribution in [2.75, 3.05) is 0 Å². The van der Waals surface area contributed by atoms with Gasteiger partial charge in [0.1, 0.15) is 5.82 Å². The van der Waals surface area contributed by atoms with E-state index >= 15 is 0 Å². The number of carbonyl (C=O) groups excluding carboxylic acids is 1. The van der Waals surface area contributed by atoms with E-state index in [1.54, 1.807) is 0 Å². The molecule has 0 saturated heterocycles. The first-order valence-corrected chi connectivity index (χ1v) is 7.65. The molecule has 3 rings (SSSR count). The molecule has 0 fully saturated rings. The molecule has 1 aliphatic carbocycles. The van der Waals surface area contributed by atoms with Gasteiger partial charge in [-0.3, -0.25) is 4.79 Å². The quantitative estimate of drug-likeness (QED) is 0.766. The van der Waals surface area contributed by atoms with Crippen molar-refractivity contribution in [2.24, 2.45) is 0 Å². The van der Waals surface area contributed by atoms with Gasteiger partial charge in [-0.05, 0) is 70.1 Å². The highest BCUT2D eigenvalue weighted by Crippen LogP contribution is 2.32. The first-order valence-electron chi connectivity index (χ1n) is 6.57. The van der Waals surface area contributed by atoms with Gasteiger partial charge in [0.25, 0.3) is 5.91 Å². The Balaban J connectivity index is 1.83. The van der Waals surface area contributed by atoms with Crippen LogP contribution in [0.1, 0.15) is 27.5 Å². The van der Waals surface area contributed by atoms with Crippen LogP contribution < -0.4 is 5.32 Å². The van der Waals surface area contributed by atoms with Gasteiger partial charge in [0, 0.05) is 15.6 Å². The average molecular weight is 397 g/mol. The molecule has 0 radical (unpaired) electrons. The molecule has 2 aromatic rings. The maximum atomic E-state index is 12.9. The zero-order valence-corrected chi connectivity index (χ0v) is 13.2. The lowest BCUT2D eigenvalue weighted by Crippen LogP contribution is -2.33. The molecular formula is C16H13FINO2. The Bertz CT molecular complexity index is 687. The van der Waals surface area contributed by atoms with E-state index in [1.165, 1.54) is 24.3 Å². The van der Waals surface area contributed by atoms with Crippen molar-refractivity contribution >= 4 is 28.5 Å². The van der Waals surface area contributed by atoms with E-state index in [1.807, 2.05) is 18.2 Å². The van der Waals surface area contributed by atoms with E-state index in [2.05, 4.69) is 27.9 Å². The Morgan fingerprint density at radius 2 is 1.95 bits per heavy atom. The standard InChI is InChI=1S/C16H13FINO2/c17-11-4-1-9(2-5-11)16(21)19-15-13-8-12(18)6-3-10(13)7-14(15)20/h1-6,8,14-15,20H,7H2,(H,19,21)/t14-,15-/m0/s1. The minimum absolute atomic E-state index is 0.314. The van der Waals surface area contributed by atoms with Crippen LogP contribution in [0.25, 0.3) is 0 Å². The van der Waals surface area contributed by atoms with Gasteiger partial charge in [-0.2, -0.15) is 0 Å². The minimum Gasteiger partial charge on any atom is -0.390 e. The molecule has 21 heavy (non-hydrogen) atoms. The molecule has 0 spiro atoms. The van der Waals surface area contributed by atoms with E-state index in [0.717, 1.165) is 14.7 Å². The summed E-state index contributed by atoms with van der Waals surface area (Å²) in [5.41, 5.74) is 2.37. The van der Waals surface area contributed by atoms with E-state index in [-0.39, 0.29) is 11.7 Å². The number of amides is 1. The summed E-state index contributed by atoms with van der Waals surface area (Å²) in [5, 5.41) is 13.0. The lowest BCUT2D eigenvalue weighted by Gasteiger charge is -2.18. The van der Waals surface area contributed by atoms with Crippen LogP contribution in [-0.2, 0) is 6.42 Å². The van der Waals surface area contributed by atoms with Gasteiger partial charge in [0.2, 0.25) is 0 Å². The van der Waals surface area contributed by atoms with Gasteiger partial charge < -0.3 is 10.4 Å². The molecule has 0 bridgehead atoms. The second-order valence-corrected chi connectivity index (χ2v) is 6.32. The van der Waals surface area contributed by atoms with Crippen molar-refractivity contribution < 1.29 is 14.3 Å². The largest absolute Gasteiger partial charge is 0.390 e. The summed E-state index contributed by atoms with van der Waals surface area (Å²) in [5.74, 6) is -0.696. The van der Waals surface area contributed by atoms with E-state index in [0.29, 0.717) is 12.0 Å². The number of nitrogens with one attached hydrogen (secondary N) is 1. The van der Waals surface area contributed by atoms with Crippen molar-refractivity contribution in [1.29, 1.82) is 0 Å². The van der Waals surface area contributed by atoms with Gasteiger partial charge in [0.05, 0.1) is 12.1 Å². The summed E-state index contributed by atoms with van der Waals surface area (Å²) >= 11 is 2.20. The van der Waals surface area contributed by atoms with Gasteiger partial charge in [-0.1, -0.05) is 6.07 Å². The number of hydrogen-bond acceptors (Lipinski definition) is 2.